The van der Waals surface area contributed by atoms with E-state index in [-0.39, 0.29) is 0 Å². The Labute approximate surface area is 244 Å². The minimum atomic E-state index is 0.717. The summed E-state index contributed by atoms with van der Waals surface area (Å²) < 4.78 is 0.906. The van der Waals surface area contributed by atoms with Gasteiger partial charge in [0.1, 0.15) is 0 Å². The average molecular weight is 592 g/mol. The molecule has 0 atom stereocenters. The van der Waals surface area contributed by atoms with Crippen LogP contribution in [0, 0.1) is 0 Å². The van der Waals surface area contributed by atoms with Crippen LogP contribution in [0.5, 0.6) is 0 Å². The highest BCUT2D eigenvalue weighted by atomic mass is 79.9. The van der Waals surface area contributed by atoms with Crippen molar-refractivity contribution in [2.75, 3.05) is 0 Å². The number of fused-ring (bicyclic) bond motifs is 4. The fraction of sp³-hybridized carbons (Fsp3) is 0. The molecule has 1 aliphatic rings. The van der Waals surface area contributed by atoms with E-state index in [2.05, 4.69) is 137 Å². The SMILES string of the molecule is Clc1cc2c(-c3ccccc3)c3c(c(-c4ccccc4)c2cc1Br)-c1cc2cccc4ccc5ccc-3c1c5c42. The molecular weight excluding hydrogens is 572 g/mol. The standard InChI is InChI=1S/C38H20BrCl/c39-30-19-27-28(20-31(30)40)34(22-10-5-2-6-11-22)37-26-17-16-24-15-14-23-12-7-13-25-18-29(36(26)35(24)32(23)25)38(37)33(27)21-8-3-1-4-9-21/h1-20H. The molecule has 1 aliphatic carbocycles. The lowest BCUT2D eigenvalue weighted by molar-refractivity contribution is 1.61. The van der Waals surface area contributed by atoms with Gasteiger partial charge in [-0.3, -0.25) is 0 Å². The number of benzene rings is 8. The molecule has 0 saturated carbocycles. The Kier molecular flexibility index (Phi) is 4.62. The lowest BCUT2D eigenvalue weighted by Gasteiger charge is -2.21. The molecule has 0 aromatic heterocycles. The molecule has 0 radical (unpaired) electrons. The van der Waals surface area contributed by atoms with Gasteiger partial charge in [0.25, 0.3) is 0 Å². The number of halogens is 2. The predicted molar refractivity (Wildman–Crippen MR) is 176 cm³/mol. The number of hydrogen-bond donors (Lipinski definition) is 0. The molecule has 0 fully saturated rings. The molecule has 0 unspecified atom stereocenters. The summed E-state index contributed by atoms with van der Waals surface area (Å²) >= 11 is 10.6. The van der Waals surface area contributed by atoms with Crippen LogP contribution in [0.4, 0.5) is 0 Å². The minimum absolute atomic E-state index is 0.717. The summed E-state index contributed by atoms with van der Waals surface area (Å²) in [5.74, 6) is 0. The fourth-order valence-electron chi connectivity index (χ4n) is 7.08. The molecule has 0 bridgehead atoms. The number of hydrogen-bond acceptors (Lipinski definition) is 0. The summed E-state index contributed by atoms with van der Waals surface area (Å²) in [4.78, 5) is 0. The van der Waals surface area contributed by atoms with E-state index in [1.807, 2.05) is 0 Å². The highest BCUT2D eigenvalue weighted by molar-refractivity contribution is 9.10. The van der Waals surface area contributed by atoms with Gasteiger partial charge in [0.05, 0.1) is 5.02 Å². The van der Waals surface area contributed by atoms with Gasteiger partial charge in [-0.25, -0.2) is 0 Å². The van der Waals surface area contributed by atoms with Crippen LogP contribution in [0.25, 0.3) is 87.6 Å². The second-order valence-corrected chi connectivity index (χ2v) is 12.0. The Hall–Kier alpha value is -4.17. The van der Waals surface area contributed by atoms with E-state index >= 15 is 0 Å². The van der Waals surface area contributed by atoms with Gasteiger partial charge in [-0.05, 0) is 122 Å². The molecule has 0 amide bonds. The zero-order valence-corrected chi connectivity index (χ0v) is 23.6. The van der Waals surface area contributed by atoms with E-state index in [4.69, 9.17) is 11.6 Å². The van der Waals surface area contributed by atoms with Crippen molar-refractivity contribution in [3.05, 3.63) is 131 Å². The summed E-state index contributed by atoms with van der Waals surface area (Å²) in [6.45, 7) is 0. The quantitative estimate of drug-likeness (QED) is 0.175. The van der Waals surface area contributed by atoms with Crippen LogP contribution in [0.3, 0.4) is 0 Å². The maximum Gasteiger partial charge on any atom is 0.0554 e. The van der Waals surface area contributed by atoms with Gasteiger partial charge in [0, 0.05) is 4.47 Å². The van der Waals surface area contributed by atoms with Gasteiger partial charge in [0.2, 0.25) is 0 Å². The Morgan fingerprint density at radius 1 is 0.425 bits per heavy atom. The van der Waals surface area contributed by atoms with Gasteiger partial charge >= 0.3 is 0 Å². The van der Waals surface area contributed by atoms with Gasteiger partial charge in [0.15, 0.2) is 0 Å². The van der Waals surface area contributed by atoms with Crippen molar-refractivity contribution in [3.8, 4) is 44.5 Å². The normalized spacial score (nSPS) is 12.2. The summed E-state index contributed by atoms with van der Waals surface area (Å²) in [5, 5.41) is 11.0. The summed E-state index contributed by atoms with van der Waals surface area (Å²) in [5.41, 5.74) is 10.1. The zero-order valence-electron chi connectivity index (χ0n) is 21.3. The van der Waals surface area contributed by atoms with Gasteiger partial charge in [-0.1, -0.05) is 115 Å². The Morgan fingerprint density at radius 3 is 1.70 bits per heavy atom. The van der Waals surface area contributed by atoms with E-state index in [1.54, 1.807) is 0 Å². The highest BCUT2D eigenvalue weighted by Crippen LogP contribution is 2.59. The second kappa shape index (κ2) is 8.17. The molecular formula is C38H20BrCl. The van der Waals surface area contributed by atoms with E-state index in [0.29, 0.717) is 0 Å². The first-order valence-corrected chi connectivity index (χ1v) is 14.7. The predicted octanol–water partition coefficient (Wildman–Crippen LogP) is 12.1. The Morgan fingerprint density at radius 2 is 1.00 bits per heavy atom. The van der Waals surface area contributed by atoms with E-state index in [0.717, 1.165) is 9.50 Å². The lowest BCUT2D eigenvalue weighted by atomic mass is 9.82. The summed E-state index contributed by atoms with van der Waals surface area (Å²) in [6.07, 6.45) is 0. The molecule has 0 N–H and O–H groups in total. The monoisotopic (exact) mass is 590 g/mol. The minimum Gasteiger partial charge on any atom is -0.0831 e. The van der Waals surface area contributed by atoms with Gasteiger partial charge < -0.3 is 0 Å². The third kappa shape index (κ3) is 2.92. The van der Waals surface area contributed by atoms with Crippen LogP contribution in [0.15, 0.2) is 126 Å². The molecule has 0 saturated heterocycles. The fourth-order valence-corrected chi connectivity index (χ4v) is 7.59. The smallest absolute Gasteiger partial charge is 0.0554 e. The molecule has 40 heavy (non-hydrogen) atoms. The molecule has 0 nitrogen and oxygen atoms in total. The highest BCUT2D eigenvalue weighted by Gasteiger charge is 2.32. The van der Waals surface area contributed by atoms with Gasteiger partial charge in [-0.2, -0.15) is 0 Å². The average Bonchev–Trinajstić information content (AvgIpc) is 3.32. The summed E-state index contributed by atoms with van der Waals surface area (Å²) in [6, 6.07) is 44.2. The van der Waals surface area contributed by atoms with Crippen LogP contribution >= 0.6 is 27.5 Å². The maximum absolute atomic E-state index is 6.83. The molecule has 8 aromatic carbocycles. The molecule has 0 aliphatic heterocycles. The largest absolute Gasteiger partial charge is 0.0831 e. The summed E-state index contributed by atoms with van der Waals surface area (Å²) in [7, 11) is 0. The Bertz CT molecular complexity index is 2320. The molecule has 0 spiro atoms. The van der Waals surface area contributed by atoms with Crippen LogP contribution in [0.2, 0.25) is 5.02 Å². The second-order valence-electron chi connectivity index (χ2n) is 10.7. The third-order valence-electron chi connectivity index (χ3n) is 8.64. The topological polar surface area (TPSA) is 0 Å². The molecule has 2 heteroatoms. The maximum atomic E-state index is 6.83. The molecule has 0 heterocycles. The lowest BCUT2D eigenvalue weighted by Crippen LogP contribution is -1.94. The molecule has 9 rings (SSSR count). The first-order valence-electron chi connectivity index (χ1n) is 13.5. The first kappa shape index (κ1) is 22.6. The van der Waals surface area contributed by atoms with E-state index in [1.165, 1.54) is 87.6 Å². The Balaban J connectivity index is 1.60. The molecule has 8 aromatic rings. The van der Waals surface area contributed by atoms with Crippen molar-refractivity contribution < 1.29 is 0 Å². The molecule has 186 valence electrons. The van der Waals surface area contributed by atoms with Crippen LogP contribution in [-0.2, 0) is 0 Å². The van der Waals surface area contributed by atoms with Crippen molar-refractivity contribution >= 4 is 70.6 Å². The van der Waals surface area contributed by atoms with Crippen molar-refractivity contribution in [2.45, 2.75) is 0 Å². The van der Waals surface area contributed by atoms with E-state index < -0.39 is 0 Å². The zero-order chi connectivity index (χ0) is 26.5. The van der Waals surface area contributed by atoms with Crippen LogP contribution in [0.1, 0.15) is 0 Å². The van der Waals surface area contributed by atoms with Crippen molar-refractivity contribution in [2.24, 2.45) is 0 Å². The van der Waals surface area contributed by atoms with Gasteiger partial charge in [-0.15, -0.1) is 0 Å². The number of rotatable bonds is 2. The van der Waals surface area contributed by atoms with Crippen LogP contribution in [-0.4, -0.2) is 0 Å². The van der Waals surface area contributed by atoms with Crippen molar-refractivity contribution in [1.82, 2.24) is 0 Å². The van der Waals surface area contributed by atoms with E-state index in [9.17, 15) is 0 Å². The van der Waals surface area contributed by atoms with Crippen LogP contribution < -0.4 is 0 Å². The third-order valence-corrected chi connectivity index (χ3v) is 9.84. The van der Waals surface area contributed by atoms with Crippen molar-refractivity contribution in [3.63, 3.8) is 0 Å². The van der Waals surface area contributed by atoms with Crippen molar-refractivity contribution in [1.29, 1.82) is 0 Å². The first-order chi connectivity index (χ1) is 19.7.